The van der Waals surface area contributed by atoms with Gasteiger partial charge in [-0.25, -0.2) is 0 Å². The zero-order valence-electron chi connectivity index (χ0n) is 11.6. The molecule has 0 bridgehead atoms. The predicted octanol–water partition coefficient (Wildman–Crippen LogP) is 2.03. The Morgan fingerprint density at radius 2 is 1.95 bits per heavy atom. The molecule has 0 saturated carbocycles. The molecule has 1 fully saturated rings. The van der Waals surface area contributed by atoms with Crippen LogP contribution >= 0.6 is 27.5 Å². The van der Waals surface area contributed by atoms with Crippen molar-refractivity contribution in [3.63, 3.8) is 0 Å². The zero-order chi connectivity index (χ0) is 15.4. The maximum atomic E-state index is 12.5. The molecule has 0 radical (unpaired) electrons. The zero-order valence-corrected chi connectivity index (χ0v) is 14.0. The molecule has 21 heavy (non-hydrogen) atoms. The van der Waals surface area contributed by atoms with Gasteiger partial charge >= 0.3 is 5.97 Å². The van der Waals surface area contributed by atoms with Gasteiger partial charge in [0.2, 0.25) is 0 Å². The van der Waals surface area contributed by atoms with Gasteiger partial charge in [0.15, 0.2) is 0 Å². The fourth-order valence-corrected chi connectivity index (χ4v) is 2.75. The average molecular weight is 376 g/mol. The summed E-state index contributed by atoms with van der Waals surface area (Å²) in [6, 6.07) is 5.23. The second-order valence-corrected chi connectivity index (χ2v) is 6.09. The highest BCUT2D eigenvalue weighted by Gasteiger charge is 2.24. The van der Waals surface area contributed by atoms with Gasteiger partial charge in [0.25, 0.3) is 5.91 Å². The second kappa shape index (κ2) is 7.24. The molecule has 0 unspecified atom stereocenters. The van der Waals surface area contributed by atoms with Gasteiger partial charge in [-0.05, 0) is 18.2 Å². The number of rotatable bonds is 3. The number of nitrogens with zero attached hydrogens (tertiary/aromatic N) is 2. The largest absolute Gasteiger partial charge is 0.468 e. The molecule has 1 amide bonds. The summed E-state index contributed by atoms with van der Waals surface area (Å²) < 4.78 is 5.46. The van der Waals surface area contributed by atoms with Crippen LogP contribution < -0.4 is 0 Å². The number of hydrogen-bond donors (Lipinski definition) is 0. The van der Waals surface area contributed by atoms with Crippen LogP contribution in [0.4, 0.5) is 0 Å². The van der Waals surface area contributed by atoms with Gasteiger partial charge in [0.05, 0.1) is 24.2 Å². The highest BCUT2D eigenvalue weighted by atomic mass is 79.9. The van der Waals surface area contributed by atoms with E-state index in [0.717, 1.165) is 4.47 Å². The summed E-state index contributed by atoms with van der Waals surface area (Å²) in [5.74, 6) is -0.344. The monoisotopic (exact) mass is 374 g/mol. The molecule has 7 heteroatoms. The van der Waals surface area contributed by atoms with E-state index in [-0.39, 0.29) is 18.4 Å². The molecule has 5 nitrogen and oxygen atoms in total. The Morgan fingerprint density at radius 3 is 2.57 bits per heavy atom. The van der Waals surface area contributed by atoms with Crippen molar-refractivity contribution >= 4 is 39.4 Å². The molecular formula is C14H16BrClN2O3. The van der Waals surface area contributed by atoms with E-state index in [1.807, 2.05) is 4.90 Å². The van der Waals surface area contributed by atoms with Crippen LogP contribution in [0.5, 0.6) is 0 Å². The van der Waals surface area contributed by atoms with E-state index < -0.39 is 0 Å². The molecule has 1 aliphatic rings. The number of hydrogen-bond acceptors (Lipinski definition) is 4. The number of carbonyl (C=O) groups is 2. The fraction of sp³-hybridized carbons (Fsp3) is 0.429. The second-order valence-electron chi connectivity index (χ2n) is 4.77. The molecule has 0 atom stereocenters. The first-order valence-corrected chi connectivity index (χ1v) is 7.72. The third kappa shape index (κ3) is 4.18. The van der Waals surface area contributed by atoms with Crippen molar-refractivity contribution < 1.29 is 14.3 Å². The van der Waals surface area contributed by atoms with Crippen LogP contribution in [0.1, 0.15) is 10.4 Å². The number of ether oxygens (including phenoxy) is 1. The van der Waals surface area contributed by atoms with Crippen LogP contribution in [0.25, 0.3) is 0 Å². The maximum Gasteiger partial charge on any atom is 0.319 e. The van der Waals surface area contributed by atoms with E-state index in [1.165, 1.54) is 7.11 Å². The van der Waals surface area contributed by atoms with Crippen LogP contribution in [0.15, 0.2) is 22.7 Å². The van der Waals surface area contributed by atoms with Crippen molar-refractivity contribution in [1.29, 1.82) is 0 Å². The molecule has 1 saturated heterocycles. The van der Waals surface area contributed by atoms with Gasteiger partial charge in [-0.2, -0.15) is 0 Å². The minimum Gasteiger partial charge on any atom is -0.468 e. The minimum absolute atomic E-state index is 0.0842. The molecule has 1 aromatic rings. The maximum absolute atomic E-state index is 12.5. The van der Waals surface area contributed by atoms with Crippen molar-refractivity contribution in [2.24, 2.45) is 0 Å². The smallest absolute Gasteiger partial charge is 0.319 e. The van der Waals surface area contributed by atoms with Crippen LogP contribution in [0.2, 0.25) is 5.02 Å². The number of piperazine rings is 1. The van der Waals surface area contributed by atoms with Crippen molar-refractivity contribution in [3.8, 4) is 0 Å². The summed E-state index contributed by atoms with van der Waals surface area (Å²) in [4.78, 5) is 27.4. The van der Waals surface area contributed by atoms with E-state index in [2.05, 4.69) is 20.7 Å². The van der Waals surface area contributed by atoms with E-state index in [4.69, 9.17) is 11.6 Å². The van der Waals surface area contributed by atoms with Crippen LogP contribution in [0, 0.1) is 0 Å². The molecule has 1 aliphatic heterocycles. The lowest BCUT2D eigenvalue weighted by atomic mass is 10.2. The molecule has 114 valence electrons. The lowest BCUT2D eigenvalue weighted by Gasteiger charge is -2.34. The van der Waals surface area contributed by atoms with Crippen LogP contribution in [-0.4, -0.2) is 61.5 Å². The summed E-state index contributed by atoms with van der Waals surface area (Å²) in [6.07, 6.45) is 0. The number of amides is 1. The van der Waals surface area contributed by atoms with Crippen LogP contribution in [-0.2, 0) is 9.53 Å². The molecular weight excluding hydrogens is 360 g/mol. The molecule has 0 aromatic heterocycles. The van der Waals surface area contributed by atoms with E-state index in [1.54, 1.807) is 23.1 Å². The van der Waals surface area contributed by atoms with Gasteiger partial charge in [0.1, 0.15) is 0 Å². The Hall–Kier alpha value is -1.11. The molecule has 1 aromatic carbocycles. The number of benzene rings is 1. The highest BCUT2D eigenvalue weighted by Crippen LogP contribution is 2.23. The summed E-state index contributed by atoms with van der Waals surface area (Å²) in [6.45, 7) is 2.69. The van der Waals surface area contributed by atoms with Crippen molar-refractivity contribution in [2.75, 3.05) is 39.8 Å². The number of methoxy groups -OCH3 is 1. The molecule has 0 N–H and O–H groups in total. The third-order valence-corrected chi connectivity index (χ3v) is 4.22. The van der Waals surface area contributed by atoms with Gasteiger partial charge in [0, 0.05) is 30.7 Å². The minimum atomic E-state index is -0.259. The first-order chi connectivity index (χ1) is 10.0. The molecule has 2 rings (SSSR count). The topological polar surface area (TPSA) is 49.9 Å². The molecule has 1 heterocycles. The normalized spacial score (nSPS) is 15.9. The number of halogens is 2. The Bertz CT molecular complexity index is 545. The SMILES string of the molecule is COC(=O)CN1CCN(C(=O)c2cc(Br)ccc2Cl)CC1. The molecule has 0 spiro atoms. The Balaban J connectivity index is 1.97. The number of esters is 1. The first-order valence-electron chi connectivity index (χ1n) is 6.54. The summed E-state index contributed by atoms with van der Waals surface area (Å²) in [5, 5.41) is 0.445. The molecule has 0 aliphatic carbocycles. The van der Waals surface area contributed by atoms with E-state index >= 15 is 0 Å². The van der Waals surface area contributed by atoms with Gasteiger partial charge in [-0.1, -0.05) is 27.5 Å². The lowest BCUT2D eigenvalue weighted by Crippen LogP contribution is -2.50. The van der Waals surface area contributed by atoms with Crippen molar-refractivity contribution in [1.82, 2.24) is 9.80 Å². The lowest BCUT2D eigenvalue weighted by molar-refractivity contribution is -0.142. The van der Waals surface area contributed by atoms with Crippen molar-refractivity contribution in [3.05, 3.63) is 33.3 Å². The highest BCUT2D eigenvalue weighted by molar-refractivity contribution is 9.10. The summed E-state index contributed by atoms with van der Waals surface area (Å²) in [5.41, 5.74) is 0.493. The fourth-order valence-electron chi connectivity index (χ4n) is 2.19. The van der Waals surface area contributed by atoms with Gasteiger partial charge in [-0.3, -0.25) is 14.5 Å². The summed E-state index contributed by atoms with van der Waals surface area (Å²) >= 11 is 9.43. The Labute approximate surface area is 136 Å². The average Bonchev–Trinajstić information content (AvgIpc) is 2.49. The van der Waals surface area contributed by atoms with Crippen LogP contribution in [0.3, 0.4) is 0 Å². The third-order valence-electron chi connectivity index (χ3n) is 3.40. The van der Waals surface area contributed by atoms with Gasteiger partial charge < -0.3 is 9.64 Å². The number of carbonyl (C=O) groups excluding carboxylic acids is 2. The Morgan fingerprint density at radius 1 is 1.29 bits per heavy atom. The predicted molar refractivity (Wildman–Crippen MR) is 83.5 cm³/mol. The van der Waals surface area contributed by atoms with E-state index in [0.29, 0.717) is 36.8 Å². The standard InChI is InChI=1S/C14H16BrClN2O3/c1-21-13(19)9-17-4-6-18(7-5-17)14(20)11-8-10(15)2-3-12(11)16/h2-3,8H,4-7,9H2,1H3. The quantitative estimate of drug-likeness (QED) is 0.759. The van der Waals surface area contributed by atoms with Crippen molar-refractivity contribution in [2.45, 2.75) is 0 Å². The van der Waals surface area contributed by atoms with E-state index in [9.17, 15) is 9.59 Å². The Kier molecular flexibility index (Phi) is 5.61. The van der Waals surface area contributed by atoms with Gasteiger partial charge in [-0.15, -0.1) is 0 Å². The summed E-state index contributed by atoms with van der Waals surface area (Å²) in [7, 11) is 1.37. The first kappa shape index (κ1) is 16.3.